The topological polar surface area (TPSA) is 53.1 Å². The molecular formula is C25H23N3O3. The molecule has 0 N–H and O–H groups in total. The maximum atomic E-state index is 13.8. The molecule has 6 rings (SSSR count). The second-order valence-electron chi connectivity index (χ2n) is 8.38. The quantitative estimate of drug-likeness (QED) is 0.616. The van der Waals surface area contributed by atoms with Crippen molar-refractivity contribution in [3.8, 4) is 5.75 Å². The monoisotopic (exact) mass is 413 g/mol. The van der Waals surface area contributed by atoms with Crippen molar-refractivity contribution in [1.82, 2.24) is 10.0 Å². The summed E-state index contributed by atoms with van der Waals surface area (Å²) in [5.74, 6) is 0.138. The summed E-state index contributed by atoms with van der Waals surface area (Å²) < 4.78 is 5.31. The molecule has 0 aliphatic carbocycles. The fraction of sp³-hybridized carbons (Fsp3) is 0.280. The zero-order valence-corrected chi connectivity index (χ0v) is 17.3. The van der Waals surface area contributed by atoms with Gasteiger partial charge in [-0.25, -0.2) is 14.9 Å². The fourth-order valence-corrected chi connectivity index (χ4v) is 5.56. The molecule has 0 bridgehead atoms. The average molecular weight is 413 g/mol. The van der Waals surface area contributed by atoms with Gasteiger partial charge in [-0.05, 0) is 35.6 Å². The highest BCUT2D eigenvalue weighted by molar-refractivity contribution is 6.26. The molecule has 0 unspecified atom stereocenters. The Bertz CT molecular complexity index is 1190. The van der Waals surface area contributed by atoms with Crippen molar-refractivity contribution < 1.29 is 14.3 Å². The van der Waals surface area contributed by atoms with Crippen LogP contribution in [0.4, 0.5) is 5.69 Å². The Balaban J connectivity index is 1.46. The van der Waals surface area contributed by atoms with E-state index in [0.29, 0.717) is 5.69 Å². The molecule has 0 saturated carbocycles. The molecule has 6 heteroatoms. The minimum absolute atomic E-state index is 0.110. The summed E-state index contributed by atoms with van der Waals surface area (Å²) in [5, 5.41) is 6.30. The number of anilines is 1. The molecule has 3 saturated heterocycles. The Morgan fingerprint density at radius 3 is 2.29 bits per heavy atom. The Morgan fingerprint density at radius 2 is 1.52 bits per heavy atom. The number of ether oxygens (including phenoxy) is 1. The van der Waals surface area contributed by atoms with Crippen LogP contribution >= 0.6 is 0 Å². The van der Waals surface area contributed by atoms with Gasteiger partial charge in [0.1, 0.15) is 11.8 Å². The van der Waals surface area contributed by atoms with E-state index in [1.165, 1.54) is 4.90 Å². The van der Waals surface area contributed by atoms with Crippen molar-refractivity contribution in [2.24, 2.45) is 5.92 Å². The minimum atomic E-state index is -0.443. The predicted molar refractivity (Wildman–Crippen MR) is 117 cm³/mol. The Labute approximate surface area is 180 Å². The van der Waals surface area contributed by atoms with Gasteiger partial charge in [0.25, 0.3) is 5.91 Å². The SMILES string of the molecule is COc1ccc([C@H]2[C@H]3C(=O)N(c4cccc5ccccc45)C(=O)[C@H]3N3CCCN23)cc1. The maximum absolute atomic E-state index is 13.8. The molecule has 2 amide bonds. The van der Waals surface area contributed by atoms with Gasteiger partial charge in [-0.15, -0.1) is 0 Å². The van der Waals surface area contributed by atoms with Crippen molar-refractivity contribution in [3.63, 3.8) is 0 Å². The lowest BCUT2D eigenvalue weighted by molar-refractivity contribution is -0.126. The highest BCUT2D eigenvalue weighted by atomic mass is 16.5. The smallest absolute Gasteiger partial charge is 0.253 e. The van der Waals surface area contributed by atoms with E-state index in [1.54, 1.807) is 7.11 Å². The number of benzene rings is 3. The number of nitrogens with zero attached hydrogens (tertiary/aromatic N) is 3. The summed E-state index contributed by atoms with van der Waals surface area (Å²) in [6.07, 6.45) is 0.992. The molecule has 6 nitrogen and oxygen atoms in total. The standard InChI is InChI=1S/C25H23N3O3/c1-31-18-12-10-17(11-13-18)22-21-23(27-15-5-14-26(22)27)25(30)28(24(21)29)20-9-4-7-16-6-2-3-8-19(16)20/h2-4,6-13,21-23H,5,14-15H2,1H3/t21-,22+,23+/m1/s1. The molecule has 3 fully saturated rings. The van der Waals surface area contributed by atoms with Gasteiger partial charge in [-0.3, -0.25) is 9.59 Å². The van der Waals surface area contributed by atoms with Crippen LogP contribution in [0.2, 0.25) is 0 Å². The summed E-state index contributed by atoms with van der Waals surface area (Å²) in [7, 11) is 1.64. The van der Waals surface area contributed by atoms with E-state index in [1.807, 2.05) is 66.7 Å². The zero-order chi connectivity index (χ0) is 21.1. The van der Waals surface area contributed by atoms with Crippen LogP contribution < -0.4 is 9.64 Å². The third-order valence-electron chi connectivity index (χ3n) is 6.87. The number of carbonyl (C=O) groups is 2. The number of imide groups is 1. The molecule has 0 spiro atoms. The number of hydrazine groups is 1. The average Bonchev–Trinajstić information content (AvgIpc) is 3.46. The Hall–Kier alpha value is -3.22. The third kappa shape index (κ3) is 2.58. The van der Waals surface area contributed by atoms with E-state index in [9.17, 15) is 9.59 Å². The van der Waals surface area contributed by atoms with E-state index in [4.69, 9.17) is 4.74 Å². The number of amides is 2. The highest BCUT2D eigenvalue weighted by Crippen LogP contribution is 2.49. The van der Waals surface area contributed by atoms with E-state index in [-0.39, 0.29) is 17.9 Å². The van der Waals surface area contributed by atoms with Gasteiger partial charge in [0.05, 0.1) is 24.8 Å². The number of hydrogen-bond donors (Lipinski definition) is 0. The first-order chi connectivity index (χ1) is 15.2. The largest absolute Gasteiger partial charge is 0.497 e. The predicted octanol–water partition coefficient (Wildman–Crippen LogP) is 3.38. The van der Waals surface area contributed by atoms with Gasteiger partial charge in [-0.1, -0.05) is 48.5 Å². The van der Waals surface area contributed by atoms with E-state index < -0.39 is 12.0 Å². The molecule has 0 radical (unpaired) electrons. The number of rotatable bonds is 3. The van der Waals surface area contributed by atoms with Crippen LogP contribution in [0.1, 0.15) is 18.0 Å². The van der Waals surface area contributed by atoms with Crippen LogP contribution in [-0.4, -0.2) is 48.1 Å². The Kier molecular flexibility index (Phi) is 4.13. The maximum Gasteiger partial charge on any atom is 0.253 e. The van der Waals surface area contributed by atoms with Crippen molar-refractivity contribution >= 4 is 28.3 Å². The second kappa shape index (κ2) is 6.90. The molecule has 0 aromatic heterocycles. The molecule has 156 valence electrons. The van der Waals surface area contributed by atoms with Crippen LogP contribution in [0.15, 0.2) is 66.7 Å². The van der Waals surface area contributed by atoms with Crippen molar-refractivity contribution in [1.29, 1.82) is 0 Å². The van der Waals surface area contributed by atoms with E-state index >= 15 is 0 Å². The first kappa shape index (κ1) is 18.5. The lowest BCUT2D eigenvalue weighted by Crippen LogP contribution is -2.44. The van der Waals surface area contributed by atoms with Crippen molar-refractivity contribution in [2.45, 2.75) is 18.5 Å². The lowest BCUT2D eigenvalue weighted by Gasteiger charge is -2.30. The zero-order valence-electron chi connectivity index (χ0n) is 17.3. The van der Waals surface area contributed by atoms with Gasteiger partial charge in [0.2, 0.25) is 5.91 Å². The summed E-state index contributed by atoms with van der Waals surface area (Å²) in [5.41, 5.74) is 1.72. The summed E-state index contributed by atoms with van der Waals surface area (Å²) in [6.45, 7) is 1.66. The van der Waals surface area contributed by atoms with Crippen LogP contribution in [-0.2, 0) is 9.59 Å². The van der Waals surface area contributed by atoms with Gasteiger partial charge in [0, 0.05) is 18.5 Å². The van der Waals surface area contributed by atoms with Crippen LogP contribution in [0, 0.1) is 5.92 Å². The number of hydrogen-bond acceptors (Lipinski definition) is 5. The molecule has 3 aliphatic heterocycles. The van der Waals surface area contributed by atoms with Crippen LogP contribution in [0.5, 0.6) is 5.75 Å². The molecule has 31 heavy (non-hydrogen) atoms. The van der Waals surface area contributed by atoms with Crippen molar-refractivity contribution in [3.05, 3.63) is 72.3 Å². The highest BCUT2D eigenvalue weighted by Gasteiger charge is 2.62. The van der Waals surface area contributed by atoms with Gasteiger partial charge in [0.15, 0.2) is 0 Å². The molecule has 3 aromatic rings. The van der Waals surface area contributed by atoms with Gasteiger partial charge < -0.3 is 4.74 Å². The number of carbonyl (C=O) groups excluding carboxylic acids is 2. The Morgan fingerprint density at radius 1 is 0.806 bits per heavy atom. The lowest BCUT2D eigenvalue weighted by atomic mass is 9.90. The van der Waals surface area contributed by atoms with Crippen LogP contribution in [0.25, 0.3) is 10.8 Å². The third-order valence-corrected chi connectivity index (χ3v) is 6.87. The normalized spacial score (nSPS) is 26.0. The van der Waals surface area contributed by atoms with Gasteiger partial charge >= 0.3 is 0 Å². The van der Waals surface area contributed by atoms with Gasteiger partial charge in [-0.2, -0.15) is 0 Å². The minimum Gasteiger partial charge on any atom is -0.497 e. The molecule has 3 heterocycles. The van der Waals surface area contributed by atoms with Crippen LogP contribution in [0.3, 0.4) is 0 Å². The second-order valence-corrected chi connectivity index (χ2v) is 8.38. The first-order valence-corrected chi connectivity index (χ1v) is 10.7. The fourth-order valence-electron chi connectivity index (χ4n) is 5.56. The summed E-state index contributed by atoms with van der Waals surface area (Å²) >= 11 is 0. The molecule has 3 aromatic carbocycles. The van der Waals surface area contributed by atoms with Crippen molar-refractivity contribution in [2.75, 3.05) is 25.1 Å². The van der Waals surface area contributed by atoms with E-state index in [0.717, 1.165) is 41.6 Å². The van der Waals surface area contributed by atoms with E-state index in [2.05, 4.69) is 10.0 Å². The molecular weight excluding hydrogens is 390 g/mol. The summed E-state index contributed by atoms with van der Waals surface area (Å²) in [6, 6.07) is 21.0. The molecule has 3 aliphatic rings. The summed E-state index contributed by atoms with van der Waals surface area (Å²) in [4.78, 5) is 28.9. The number of methoxy groups -OCH3 is 1. The molecule has 3 atom stereocenters. The number of fused-ring (bicyclic) bond motifs is 4. The first-order valence-electron chi connectivity index (χ1n) is 10.7.